The smallest absolute Gasteiger partial charge is 0.224 e. The van der Waals surface area contributed by atoms with Gasteiger partial charge in [-0.15, -0.1) is 0 Å². The van der Waals surface area contributed by atoms with Crippen molar-refractivity contribution in [2.75, 3.05) is 11.9 Å². The molecule has 0 unspecified atom stereocenters. The summed E-state index contributed by atoms with van der Waals surface area (Å²) < 4.78 is 7.90. The van der Waals surface area contributed by atoms with E-state index in [0.29, 0.717) is 19.4 Å². The second kappa shape index (κ2) is 8.95. The fraction of sp³-hybridized carbons (Fsp3) is 0.333. The van der Waals surface area contributed by atoms with Crippen molar-refractivity contribution in [2.45, 2.75) is 45.6 Å². The number of anilines is 1. The molecule has 1 aliphatic heterocycles. The molecule has 0 saturated carbocycles. The Labute approximate surface area is 171 Å². The third-order valence-corrected chi connectivity index (χ3v) is 5.24. The van der Waals surface area contributed by atoms with Gasteiger partial charge < -0.3 is 14.6 Å². The first-order chi connectivity index (χ1) is 14.2. The lowest BCUT2D eigenvalue weighted by Gasteiger charge is -2.11. The Morgan fingerprint density at radius 3 is 2.93 bits per heavy atom. The van der Waals surface area contributed by atoms with Crippen LogP contribution in [0.15, 0.2) is 54.7 Å². The largest absolute Gasteiger partial charge is 0.494 e. The van der Waals surface area contributed by atoms with Gasteiger partial charge in [-0.1, -0.05) is 30.3 Å². The van der Waals surface area contributed by atoms with E-state index in [0.717, 1.165) is 47.0 Å². The fourth-order valence-corrected chi connectivity index (χ4v) is 3.79. The van der Waals surface area contributed by atoms with Gasteiger partial charge in [0.15, 0.2) is 0 Å². The minimum atomic E-state index is -0.00223. The van der Waals surface area contributed by atoms with Crippen LogP contribution < -0.4 is 10.1 Å². The average Bonchev–Trinajstić information content (AvgIpc) is 3.18. The maximum absolute atomic E-state index is 12.5. The third kappa shape index (κ3) is 4.67. The lowest BCUT2D eigenvalue weighted by molar-refractivity contribution is -0.116. The van der Waals surface area contributed by atoms with Gasteiger partial charge >= 0.3 is 0 Å². The lowest BCUT2D eigenvalue weighted by atomic mass is 10.1. The van der Waals surface area contributed by atoms with Gasteiger partial charge in [0.1, 0.15) is 11.6 Å². The topological polar surface area (TPSA) is 56.1 Å². The van der Waals surface area contributed by atoms with Crippen LogP contribution in [-0.2, 0) is 24.2 Å². The monoisotopic (exact) mass is 389 g/mol. The zero-order valence-corrected chi connectivity index (χ0v) is 16.9. The average molecular weight is 389 g/mol. The van der Waals surface area contributed by atoms with E-state index in [1.807, 2.05) is 55.5 Å². The van der Waals surface area contributed by atoms with E-state index >= 15 is 0 Å². The molecule has 0 radical (unpaired) electrons. The highest BCUT2D eigenvalue weighted by molar-refractivity contribution is 5.91. The van der Waals surface area contributed by atoms with E-state index in [1.54, 1.807) is 0 Å². The molecule has 1 aromatic heterocycles. The molecule has 0 bridgehead atoms. The summed E-state index contributed by atoms with van der Waals surface area (Å²) in [6.07, 6.45) is 6.65. The quantitative estimate of drug-likeness (QED) is 0.628. The van der Waals surface area contributed by atoms with E-state index in [9.17, 15) is 4.79 Å². The number of benzene rings is 2. The molecule has 29 heavy (non-hydrogen) atoms. The highest BCUT2D eigenvalue weighted by Crippen LogP contribution is 2.25. The molecule has 1 amide bonds. The normalized spacial score (nSPS) is 13.0. The molecule has 1 aliphatic rings. The van der Waals surface area contributed by atoms with Crippen molar-refractivity contribution in [1.82, 2.24) is 9.55 Å². The molecule has 0 spiro atoms. The number of aromatic nitrogens is 2. The van der Waals surface area contributed by atoms with Crippen molar-refractivity contribution in [3.05, 3.63) is 66.1 Å². The highest BCUT2D eigenvalue weighted by Gasteiger charge is 2.14. The van der Waals surface area contributed by atoms with Gasteiger partial charge in [-0.05, 0) is 49.9 Å². The summed E-state index contributed by atoms with van der Waals surface area (Å²) >= 11 is 0. The standard InChI is InChI=1S/C24H27N3O2/c1-2-29-22-11-4-3-8-18(22)13-14-24(28)25-20-10-7-9-19(16-20)21-17-27-15-6-5-12-23(27)26-21/h3-4,7-11,16-17H,2,5-6,12-15H2,1H3,(H,25,28). The molecule has 0 aliphatic carbocycles. The molecule has 1 N–H and O–H groups in total. The summed E-state index contributed by atoms with van der Waals surface area (Å²) in [4.78, 5) is 17.3. The molecular formula is C24H27N3O2. The number of ether oxygens (including phenoxy) is 1. The van der Waals surface area contributed by atoms with E-state index in [-0.39, 0.29) is 5.91 Å². The van der Waals surface area contributed by atoms with Gasteiger partial charge in [0.05, 0.1) is 12.3 Å². The second-order valence-corrected chi connectivity index (χ2v) is 7.36. The minimum absolute atomic E-state index is 0.00223. The summed E-state index contributed by atoms with van der Waals surface area (Å²) in [5.41, 5.74) is 3.87. The number of nitrogens with zero attached hydrogens (tertiary/aromatic N) is 2. The van der Waals surface area contributed by atoms with Gasteiger partial charge in [-0.3, -0.25) is 4.79 Å². The van der Waals surface area contributed by atoms with Crippen LogP contribution in [-0.4, -0.2) is 22.1 Å². The molecule has 5 heteroatoms. The maximum atomic E-state index is 12.5. The fourth-order valence-electron chi connectivity index (χ4n) is 3.79. The number of fused-ring (bicyclic) bond motifs is 1. The van der Waals surface area contributed by atoms with Gasteiger partial charge in [0.25, 0.3) is 0 Å². The van der Waals surface area contributed by atoms with E-state index in [4.69, 9.17) is 9.72 Å². The molecule has 2 aromatic carbocycles. The van der Waals surface area contributed by atoms with Crippen LogP contribution >= 0.6 is 0 Å². The second-order valence-electron chi connectivity index (χ2n) is 7.36. The Hall–Kier alpha value is -3.08. The van der Waals surface area contributed by atoms with Crippen LogP contribution in [0.1, 0.15) is 37.6 Å². The Morgan fingerprint density at radius 1 is 1.17 bits per heavy atom. The number of nitrogens with one attached hydrogen (secondary N) is 1. The Bertz CT molecular complexity index is 970. The molecule has 2 heterocycles. The van der Waals surface area contributed by atoms with Crippen LogP contribution in [0.25, 0.3) is 11.3 Å². The summed E-state index contributed by atoms with van der Waals surface area (Å²) in [5.74, 6) is 2.01. The van der Waals surface area contributed by atoms with Gasteiger partial charge in [0, 0.05) is 36.8 Å². The first kappa shape index (κ1) is 19.2. The highest BCUT2D eigenvalue weighted by atomic mass is 16.5. The van der Waals surface area contributed by atoms with Crippen LogP contribution in [0.5, 0.6) is 5.75 Å². The molecule has 0 fully saturated rings. The van der Waals surface area contributed by atoms with Crippen molar-refractivity contribution in [2.24, 2.45) is 0 Å². The number of carbonyl (C=O) groups excluding carboxylic acids is 1. The van der Waals surface area contributed by atoms with E-state index < -0.39 is 0 Å². The minimum Gasteiger partial charge on any atom is -0.494 e. The lowest BCUT2D eigenvalue weighted by Crippen LogP contribution is -2.12. The first-order valence-electron chi connectivity index (χ1n) is 10.4. The van der Waals surface area contributed by atoms with Crippen LogP contribution in [0.2, 0.25) is 0 Å². The summed E-state index contributed by atoms with van der Waals surface area (Å²) in [5, 5.41) is 3.02. The van der Waals surface area contributed by atoms with Crippen molar-refractivity contribution >= 4 is 11.6 Å². The molecule has 3 aromatic rings. The zero-order valence-electron chi connectivity index (χ0n) is 16.9. The maximum Gasteiger partial charge on any atom is 0.224 e. The zero-order chi connectivity index (χ0) is 20.1. The first-order valence-corrected chi connectivity index (χ1v) is 10.4. The van der Waals surface area contributed by atoms with E-state index in [1.165, 1.54) is 12.8 Å². The number of rotatable bonds is 7. The summed E-state index contributed by atoms with van der Waals surface area (Å²) in [6.45, 7) is 3.63. The van der Waals surface area contributed by atoms with Gasteiger partial charge in [0.2, 0.25) is 5.91 Å². The van der Waals surface area contributed by atoms with Crippen LogP contribution in [0.3, 0.4) is 0 Å². The number of amides is 1. The van der Waals surface area contributed by atoms with Crippen LogP contribution in [0.4, 0.5) is 5.69 Å². The number of imidazole rings is 1. The number of carbonyl (C=O) groups is 1. The molecule has 4 rings (SSSR count). The van der Waals surface area contributed by atoms with Gasteiger partial charge in [-0.2, -0.15) is 0 Å². The third-order valence-electron chi connectivity index (χ3n) is 5.24. The van der Waals surface area contributed by atoms with Gasteiger partial charge in [-0.25, -0.2) is 4.98 Å². The Kier molecular flexibility index (Phi) is 5.94. The molecular weight excluding hydrogens is 362 g/mol. The van der Waals surface area contributed by atoms with Crippen molar-refractivity contribution < 1.29 is 9.53 Å². The summed E-state index contributed by atoms with van der Waals surface area (Å²) in [7, 11) is 0. The molecule has 0 atom stereocenters. The Balaban J connectivity index is 1.40. The van der Waals surface area contributed by atoms with Crippen molar-refractivity contribution in [3.8, 4) is 17.0 Å². The van der Waals surface area contributed by atoms with Crippen LogP contribution in [0, 0.1) is 0 Å². The number of aryl methyl sites for hydroxylation is 3. The Morgan fingerprint density at radius 2 is 2.07 bits per heavy atom. The summed E-state index contributed by atoms with van der Waals surface area (Å²) in [6, 6.07) is 15.8. The van der Waals surface area contributed by atoms with Crippen molar-refractivity contribution in [3.63, 3.8) is 0 Å². The predicted octanol–water partition coefficient (Wildman–Crippen LogP) is 4.86. The number of para-hydroxylation sites is 1. The number of hydrogen-bond donors (Lipinski definition) is 1. The van der Waals surface area contributed by atoms with Crippen molar-refractivity contribution in [1.29, 1.82) is 0 Å². The number of hydrogen-bond acceptors (Lipinski definition) is 3. The molecule has 150 valence electrons. The molecule has 5 nitrogen and oxygen atoms in total. The SMILES string of the molecule is CCOc1ccccc1CCC(=O)Nc1cccc(-c2cn3c(n2)CCCC3)c1. The molecule has 0 saturated heterocycles. The van der Waals surface area contributed by atoms with E-state index in [2.05, 4.69) is 16.1 Å². The predicted molar refractivity (Wildman–Crippen MR) is 115 cm³/mol.